The van der Waals surface area contributed by atoms with E-state index in [2.05, 4.69) is 20.8 Å². The van der Waals surface area contributed by atoms with E-state index in [-0.39, 0.29) is 18.2 Å². The summed E-state index contributed by atoms with van der Waals surface area (Å²) in [5, 5.41) is 20.8. The summed E-state index contributed by atoms with van der Waals surface area (Å²) in [6.45, 7) is 0.947. The van der Waals surface area contributed by atoms with Gasteiger partial charge in [0, 0.05) is 12.7 Å². The number of nitrogens with two attached hydrogens (primary N) is 1. The van der Waals surface area contributed by atoms with Crippen molar-refractivity contribution in [1.29, 1.82) is 0 Å². The van der Waals surface area contributed by atoms with Crippen LogP contribution in [-0.4, -0.2) is 38.5 Å². The molecule has 1 rings (SSSR count). The van der Waals surface area contributed by atoms with Gasteiger partial charge in [0.25, 0.3) is 0 Å². The summed E-state index contributed by atoms with van der Waals surface area (Å²) < 4.78 is 1.59. The summed E-state index contributed by atoms with van der Waals surface area (Å²) in [4.78, 5) is 11.1. The standard InChI is InChI=1S/C7H12N6O2/c8-6(11-15)5-7(14)9-1-3-13-4-2-10-12-13/h2,4,15H,1,3,5H2,(H2,8,11)(H,9,14). The number of carbonyl (C=O) groups is 1. The molecule has 1 aromatic heterocycles. The van der Waals surface area contributed by atoms with Gasteiger partial charge in [-0.2, -0.15) is 0 Å². The minimum atomic E-state index is -0.301. The molecule has 0 radical (unpaired) electrons. The van der Waals surface area contributed by atoms with Crippen molar-refractivity contribution in [2.45, 2.75) is 13.0 Å². The zero-order valence-corrected chi connectivity index (χ0v) is 8.00. The molecule has 0 aliphatic carbocycles. The molecule has 1 aromatic rings. The Balaban J connectivity index is 2.18. The van der Waals surface area contributed by atoms with E-state index >= 15 is 0 Å². The van der Waals surface area contributed by atoms with Gasteiger partial charge in [0.1, 0.15) is 5.84 Å². The lowest BCUT2D eigenvalue weighted by Gasteiger charge is -2.03. The Bertz CT molecular complexity index is 333. The maximum Gasteiger partial charge on any atom is 0.227 e. The van der Waals surface area contributed by atoms with Crippen molar-refractivity contribution in [1.82, 2.24) is 20.3 Å². The lowest BCUT2D eigenvalue weighted by atomic mass is 10.4. The van der Waals surface area contributed by atoms with Crippen LogP contribution in [0, 0.1) is 0 Å². The van der Waals surface area contributed by atoms with E-state index in [0.717, 1.165) is 0 Å². The first kappa shape index (κ1) is 11.0. The van der Waals surface area contributed by atoms with Crippen LogP contribution >= 0.6 is 0 Å². The number of hydrogen-bond acceptors (Lipinski definition) is 5. The number of aromatic nitrogens is 3. The number of amides is 1. The summed E-state index contributed by atoms with van der Waals surface area (Å²) in [6, 6.07) is 0. The van der Waals surface area contributed by atoms with E-state index in [1.54, 1.807) is 17.1 Å². The first-order valence-electron chi connectivity index (χ1n) is 4.29. The molecule has 1 amide bonds. The number of amidine groups is 1. The fourth-order valence-electron chi connectivity index (χ4n) is 0.924. The average Bonchev–Trinajstić information content (AvgIpc) is 2.70. The predicted molar refractivity (Wildman–Crippen MR) is 51.1 cm³/mol. The molecule has 0 aromatic carbocycles. The fourth-order valence-corrected chi connectivity index (χ4v) is 0.924. The van der Waals surface area contributed by atoms with Crippen LogP contribution in [0.1, 0.15) is 6.42 Å². The van der Waals surface area contributed by atoms with Crippen molar-refractivity contribution in [2.75, 3.05) is 6.54 Å². The van der Waals surface area contributed by atoms with E-state index in [1.807, 2.05) is 0 Å². The molecule has 0 atom stereocenters. The van der Waals surface area contributed by atoms with E-state index in [1.165, 1.54) is 0 Å². The number of carbonyl (C=O) groups excluding carboxylic acids is 1. The van der Waals surface area contributed by atoms with Crippen LogP contribution in [0.25, 0.3) is 0 Å². The molecular weight excluding hydrogens is 200 g/mol. The molecular formula is C7H12N6O2. The van der Waals surface area contributed by atoms with Crippen LogP contribution in [0.15, 0.2) is 17.5 Å². The van der Waals surface area contributed by atoms with Crippen LogP contribution in [0.5, 0.6) is 0 Å². The van der Waals surface area contributed by atoms with Gasteiger partial charge in [0.15, 0.2) is 0 Å². The van der Waals surface area contributed by atoms with Gasteiger partial charge in [-0.25, -0.2) is 0 Å². The van der Waals surface area contributed by atoms with Crippen LogP contribution in [0.2, 0.25) is 0 Å². The van der Waals surface area contributed by atoms with Gasteiger partial charge in [-0.05, 0) is 0 Å². The van der Waals surface area contributed by atoms with Crippen molar-refractivity contribution >= 4 is 11.7 Å². The molecule has 0 aliphatic heterocycles. The predicted octanol–water partition coefficient (Wildman–Crippen LogP) is -1.47. The highest BCUT2D eigenvalue weighted by atomic mass is 16.4. The molecule has 0 saturated heterocycles. The topological polar surface area (TPSA) is 118 Å². The Labute approximate surface area is 85.7 Å². The van der Waals surface area contributed by atoms with E-state index < -0.39 is 0 Å². The highest BCUT2D eigenvalue weighted by Crippen LogP contribution is 1.82. The first-order valence-corrected chi connectivity index (χ1v) is 4.29. The van der Waals surface area contributed by atoms with Crippen LogP contribution in [-0.2, 0) is 11.3 Å². The Morgan fingerprint density at radius 2 is 2.47 bits per heavy atom. The summed E-state index contributed by atoms with van der Waals surface area (Å²) in [5.41, 5.74) is 5.15. The zero-order chi connectivity index (χ0) is 11.1. The lowest BCUT2D eigenvalue weighted by molar-refractivity contribution is -0.119. The monoisotopic (exact) mass is 212 g/mol. The highest BCUT2D eigenvalue weighted by Gasteiger charge is 2.03. The summed E-state index contributed by atoms with van der Waals surface area (Å²) in [6.07, 6.45) is 3.13. The minimum Gasteiger partial charge on any atom is -0.409 e. The number of rotatable bonds is 5. The Morgan fingerprint density at radius 1 is 1.67 bits per heavy atom. The third-order valence-corrected chi connectivity index (χ3v) is 1.61. The number of oxime groups is 1. The van der Waals surface area contributed by atoms with Crippen molar-refractivity contribution in [2.24, 2.45) is 10.9 Å². The Kier molecular flexibility index (Phi) is 4.07. The quantitative estimate of drug-likeness (QED) is 0.238. The molecule has 4 N–H and O–H groups in total. The molecule has 0 spiro atoms. The minimum absolute atomic E-state index is 0.117. The van der Waals surface area contributed by atoms with E-state index in [9.17, 15) is 4.79 Å². The molecule has 8 heteroatoms. The maximum atomic E-state index is 11.1. The molecule has 0 unspecified atom stereocenters. The largest absolute Gasteiger partial charge is 0.409 e. The van der Waals surface area contributed by atoms with Gasteiger partial charge in [0.05, 0.1) is 19.2 Å². The third-order valence-electron chi connectivity index (χ3n) is 1.61. The van der Waals surface area contributed by atoms with Crippen LogP contribution < -0.4 is 11.1 Å². The summed E-state index contributed by atoms with van der Waals surface area (Å²) in [5.74, 6) is -0.418. The van der Waals surface area contributed by atoms with E-state index in [4.69, 9.17) is 10.9 Å². The zero-order valence-electron chi connectivity index (χ0n) is 8.00. The fraction of sp³-hybridized carbons (Fsp3) is 0.429. The van der Waals surface area contributed by atoms with Crippen molar-refractivity contribution in [3.05, 3.63) is 12.4 Å². The Morgan fingerprint density at radius 3 is 3.07 bits per heavy atom. The number of nitrogens with zero attached hydrogens (tertiary/aromatic N) is 4. The molecule has 15 heavy (non-hydrogen) atoms. The first-order chi connectivity index (χ1) is 7.22. The van der Waals surface area contributed by atoms with Gasteiger partial charge in [-0.1, -0.05) is 10.4 Å². The number of hydrogen-bond donors (Lipinski definition) is 3. The molecule has 0 bridgehead atoms. The molecule has 0 saturated carbocycles. The maximum absolute atomic E-state index is 11.1. The van der Waals surface area contributed by atoms with Crippen molar-refractivity contribution < 1.29 is 10.0 Å². The third kappa shape index (κ3) is 4.07. The van der Waals surface area contributed by atoms with Crippen molar-refractivity contribution in [3.8, 4) is 0 Å². The van der Waals surface area contributed by atoms with Gasteiger partial charge < -0.3 is 16.3 Å². The van der Waals surface area contributed by atoms with Crippen LogP contribution in [0.3, 0.4) is 0 Å². The molecule has 82 valence electrons. The Hall–Kier alpha value is -2.12. The number of nitrogens with one attached hydrogen (secondary N) is 1. The molecule has 8 nitrogen and oxygen atoms in total. The van der Waals surface area contributed by atoms with Gasteiger partial charge in [-0.3, -0.25) is 9.48 Å². The average molecular weight is 212 g/mol. The summed E-state index contributed by atoms with van der Waals surface area (Å²) in [7, 11) is 0. The van der Waals surface area contributed by atoms with Gasteiger partial charge in [-0.15, -0.1) is 5.10 Å². The molecule has 0 fully saturated rings. The summed E-state index contributed by atoms with van der Waals surface area (Å²) >= 11 is 0. The van der Waals surface area contributed by atoms with Crippen molar-refractivity contribution in [3.63, 3.8) is 0 Å². The van der Waals surface area contributed by atoms with Gasteiger partial charge in [0.2, 0.25) is 5.91 Å². The molecule has 0 aliphatic rings. The SMILES string of the molecule is N/C(CC(=O)NCCn1ccnn1)=N/O. The second-order valence-corrected chi connectivity index (χ2v) is 2.78. The second kappa shape index (κ2) is 5.58. The molecule has 1 heterocycles. The normalized spacial score (nSPS) is 11.3. The van der Waals surface area contributed by atoms with Crippen LogP contribution in [0.4, 0.5) is 0 Å². The van der Waals surface area contributed by atoms with Gasteiger partial charge >= 0.3 is 0 Å². The lowest BCUT2D eigenvalue weighted by Crippen LogP contribution is -2.31. The highest BCUT2D eigenvalue weighted by molar-refractivity contribution is 5.98. The smallest absolute Gasteiger partial charge is 0.227 e. The van der Waals surface area contributed by atoms with E-state index in [0.29, 0.717) is 13.1 Å². The second-order valence-electron chi connectivity index (χ2n) is 2.78.